The number of carbonyl (C=O) groups excluding carboxylic acids is 3. The summed E-state index contributed by atoms with van der Waals surface area (Å²) in [5.41, 5.74) is 0. The van der Waals surface area contributed by atoms with Gasteiger partial charge in [0.15, 0.2) is 0 Å². The molecule has 7 nitrogen and oxygen atoms in total. The molecule has 0 atom stereocenters. The van der Waals surface area contributed by atoms with E-state index in [2.05, 4.69) is 10.6 Å². The first kappa shape index (κ1) is 14.8. The standard InChI is InChI=1S/C13H21N3O4/c17-11(8-16-9-12(18)15-13(16)19)14-6-3-7-20-10-4-1-2-5-10/h10H,1-9H2,(H,14,17)(H,15,18,19). The summed E-state index contributed by atoms with van der Waals surface area (Å²) in [6.07, 6.45) is 5.93. The zero-order chi connectivity index (χ0) is 14.4. The molecule has 0 bridgehead atoms. The van der Waals surface area contributed by atoms with Crippen LogP contribution in [0.3, 0.4) is 0 Å². The Kier molecular flexibility index (Phi) is 5.34. The van der Waals surface area contributed by atoms with E-state index in [-0.39, 0.29) is 24.9 Å². The maximum absolute atomic E-state index is 11.6. The van der Waals surface area contributed by atoms with Crippen LogP contribution < -0.4 is 10.6 Å². The van der Waals surface area contributed by atoms with Crippen LogP contribution in [-0.4, -0.2) is 55.1 Å². The Morgan fingerprint density at radius 3 is 2.75 bits per heavy atom. The van der Waals surface area contributed by atoms with Crippen LogP contribution in [0.1, 0.15) is 32.1 Å². The molecule has 1 aliphatic carbocycles. The second-order valence-electron chi connectivity index (χ2n) is 5.19. The van der Waals surface area contributed by atoms with Crippen LogP contribution in [0.15, 0.2) is 0 Å². The van der Waals surface area contributed by atoms with Crippen LogP contribution >= 0.6 is 0 Å². The molecule has 112 valence electrons. The van der Waals surface area contributed by atoms with Crippen LogP contribution in [0.2, 0.25) is 0 Å². The molecule has 1 saturated heterocycles. The lowest BCUT2D eigenvalue weighted by molar-refractivity contribution is -0.122. The molecule has 0 spiro atoms. The van der Waals surface area contributed by atoms with Gasteiger partial charge in [-0.05, 0) is 19.3 Å². The second kappa shape index (κ2) is 7.23. The van der Waals surface area contributed by atoms with Gasteiger partial charge in [-0.25, -0.2) is 4.79 Å². The molecule has 0 aromatic rings. The van der Waals surface area contributed by atoms with E-state index in [1.54, 1.807) is 0 Å². The van der Waals surface area contributed by atoms with Crippen molar-refractivity contribution in [1.29, 1.82) is 0 Å². The summed E-state index contributed by atoms with van der Waals surface area (Å²) in [6.45, 7) is 1.04. The molecule has 2 aliphatic rings. The maximum Gasteiger partial charge on any atom is 0.325 e. The number of imide groups is 1. The minimum Gasteiger partial charge on any atom is -0.378 e. The quantitative estimate of drug-likeness (QED) is 0.508. The fourth-order valence-corrected chi connectivity index (χ4v) is 2.44. The number of hydrogen-bond donors (Lipinski definition) is 2. The zero-order valence-corrected chi connectivity index (χ0v) is 11.5. The summed E-state index contributed by atoms with van der Waals surface area (Å²) in [4.78, 5) is 35.0. The minimum absolute atomic E-state index is 0.0446. The van der Waals surface area contributed by atoms with Crippen LogP contribution in [0.25, 0.3) is 0 Å². The third kappa shape index (κ3) is 4.48. The molecule has 1 saturated carbocycles. The van der Waals surface area contributed by atoms with Crippen LogP contribution in [0.5, 0.6) is 0 Å². The van der Waals surface area contributed by atoms with Crippen LogP contribution in [-0.2, 0) is 14.3 Å². The zero-order valence-electron chi connectivity index (χ0n) is 11.5. The number of hydrogen-bond acceptors (Lipinski definition) is 4. The fraction of sp³-hybridized carbons (Fsp3) is 0.769. The monoisotopic (exact) mass is 283 g/mol. The van der Waals surface area contributed by atoms with Gasteiger partial charge in [0.2, 0.25) is 11.8 Å². The summed E-state index contributed by atoms with van der Waals surface area (Å²) >= 11 is 0. The highest BCUT2D eigenvalue weighted by atomic mass is 16.5. The Balaban J connectivity index is 1.51. The molecular formula is C13H21N3O4. The highest BCUT2D eigenvalue weighted by molar-refractivity contribution is 6.03. The lowest BCUT2D eigenvalue weighted by atomic mass is 10.3. The van der Waals surface area contributed by atoms with Gasteiger partial charge in [0, 0.05) is 13.2 Å². The first-order valence-corrected chi connectivity index (χ1v) is 7.12. The van der Waals surface area contributed by atoms with Gasteiger partial charge in [-0.1, -0.05) is 12.8 Å². The van der Waals surface area contributed by atoms with Crippen molar-refractivity contribution in [2.75, 3.05) is 26.2 Å². The normalized spacial score (nSPS) is 19.5. The third-order valence-electron chi connectivity index (χ3n) is 3.50. The van der Waals surface area contributed by atoms with Crippen LogP contribution in [0.4, 0.5) is 4.79 Å². The molecule has 0 radical (unpaired) electrons. The van der Waals surface area contributed by atoms with Crippen molar-refractivity contribution >= 4 is 17.8 Å². The predicted molar refractivity (Wildman–Crippen MR) is 70.9 cm³/mol. The summed E-state index contributed by atoms with van der Waals surface area (Å²) in [7, 11) is 0. The maximum atomic E-state index is 11.6. The molecule has 2 fully saturated rings. The van der Waals surface area contributed by atoms with Crippen LogP contribution in [0, 0.1) is 0 Å². The topological polar surface area (TPSA) is 87.7 Å². The third-order valence-corrected chi connectivity index (χ3v) is 3.50. The molecule has 2 rings (SSSR count). The van der Waals surface area contributed by atoms with Crippen molar-refractivity contribution in [3.63, 3.8) is 0 Å². The van der Waals surface area contributed by atoms with Gasteiger partial charge in [0.25, 0.3) is 0 Å². The Hall–Kier alpha value is -1.63. The summed E-state index contributed by atoms with van der Waals surface area (Å²) in [5.74, 6) is -0.622. The average Bonchev–Trinajstić information content (AvgIpc) is 3.00. The van der Waals surface area contributed by atoms with Crippen molar-refractivity contribution in [3.05, 3.63) is 0 Å². The highest BCUT2D eigenvalue weighted by Crippen LogP contribution is 2.20. The number of nitrogens with zero attached hydrogens (tertiary/aromatic N) is 1. The number of nitrogens with one attached hydrogen (secondary N) is 2. The van der Waals surface area contributed by atoms with E-state index < -0.39 is 6.03 Å². The van der Waals surface area contributed by atoms with E-state index >= 15 is 0 Å². The molecule has 2 N–H and O–H groups in total. The smallest absolute Gasteiger partial charge is 0.325 e. The molecule has 20 heavy (non-hydrogen) atoms. The molecule has 4 amide bonds. The predicted octanol–water partition coefficient (Wildman–Crippen LogP) is 0.00370. The van der Waals surface area contributed by atoms with E-state index in [1.807, 2.05) is 0 Å². The largest absolute Gasteiger partial charge is 0.378 e. The Morgan fingerprint density at radius 2 is 2.10 bits per heavy atom. The number of amides is 4. The second-order valence-corrected chi connectivity index (χ2v) is 5.19. The first-order valence-electron chi connectivity index (χ1n) is 7.12. The number of carbonyl (C=O) groups is 3. The summed E-state index contributed by atoms with van der Waals surface area (Å²) in [5, 5.41) is 4.85. The SMILES string of the molecule is O=C(CN1CC(=O)NC1=O)NCCCOC1CCCC1. The van der Waals surface area contributed by atoms with Gasteiger partial charge < -0.3 is 15.0 Å². The number of ether oxygens (including phenoxy) is 1. The number of rotatable bonds is 7. The Morgan fingerprint density at radius 1 is 1.35 bits per heavy atom. The molecule has 1 aliphatic heterocycles. The van der Waals surface area contributed by atoms with Gasteiger partial charge in [0.1, 0.15) is 13.1 Å². The molecule has 0 aromatic heterocycles. The fourth-order valence-electron chi connectivity index (χ4n) is 2.44. The van der Waals surface area contributed by atoms with Crippen molar-refractivity contribution in [2.45, 2.75) is 38.2 Å². The van der Waals surface area contributed by atoms with Crippen molar-refractivity contribution in [2.24, 2.45) is 0 Å². The summed E-state index contributed by atoms with van der Waals surface area (Å²) < 4.78 is 5.68. The molecule has 1 heterocycles. The van der Waals surface area contributed by atoms with E-state index in [0.717, 1.165) is 19.3 Å². The van der Waals surface area contributed by atoms with Gasteiger partial charge >= 0.3 is 6.03 Å². The molecule has 0 aromatic carbocycles. The van der Waals surface area contributed by atoms with Crippen molar-refractivity contribution in [1.82, 2.24) is 15.5 Å². The number of urea groups is 1. The Labute approximate surface area is 118 Å². The van der Waals surface area contributed by atoms with Gasteiger partial charge in [-0.15, -0.1) is 0 Å². The average molecular weight is 283 g/mol. The van der Waals surface area contributed by atoms with Gasteiger partial charge in [-0.2, -0.15) is 0 Å². The first-order chi connectivity index (χ1) is 9.65. The highest BCUT2D eigenvalue weighted by Gasteiger charge is 2.27. The van der Waals surface area contributed by atoms with E-state index in [0.29, 0.717) is 19.3 Å². The molecular weight excluding hydrogens is 262 g/mol. The summed E-state index contributed by atoms with van der Waals surface area (Å²) in [6, 6.07) is -0.505. The van der Waals surface area contributed by atoms with E-state index in [1.165, 1.54) is 17.7 Å². The lowest BCUT2D eigenvalue weighted by Gasteiger charge is -2.13. The van der Waals surface area contributed by atoms with E-state index in [4.69, 9.17) is 4.74 Å². The van der Waals surface area contributed by atoms with E-state index in [9.17, 15) is 14.4 Å². The Bertz CT molecular complexity index is 380. The van der Waals surface area contributed by atoms with Gasteiger partial charge in [0.05, 0.1) is 6.10 Å². The molecule has 7 heteroatoms. The molecule has 0 unspecified atom stereocenters. The lowest BCUT2D eigenvalue weighted by Crippen LogP contribution is -2.39. The van der Waals surface area contributed by atoms with Crippen molar-refractivity contribution in [3.8, 4) is 0 Å². The van der Waals surface area contributed by atoms with Gasteiger partial charge in [-0.3, -0.25) is 14.9 Å². The minimum atomic E-state index is -0.505. The van der Waals surface area contributed by atoms with Crippen molar-refractivity contribution < 1.29 is 19.1 Å².